The second kappa shape index (κ2) is 7.29. The van der Waals surface area contributed by atoms with Crippen molar-refractivity contribution in [3.05, 3.63) is 65.5 Å². The standard InChI is InChI=1S/C18H19ClFN3O2/c1-18(22-7-8-23(18)2)12-24-11-13-3-4-16(15(20)9-13)25-14-5-6-21-17(19)10-14/h3-10,22H,11-12H2,1-2H3. The molecule has 0 bridgehead atoms. The molecule has 0 amide bonds. The average Bonchev–Trinajstić information content (AvgIpc) is 2.89. The molecule has 1 aliphatic rings. The lowest BCUT2D eigenvalue weighted by Crippen LogP contribution is -2.50. The molecule has 7 heteroatoms. The highest BCUT2D eigenvalue weighted by Crippen LogP contribution is 2.26. The molecule has 0 saturated heterocycles. The Kier molecular flexibility index (Phi) is 5.11. The Morgan fingerprint density at radius 3 is 2.84 bits per heavy atom. The number of nitrogens with one attached hydrogen (secondary N) is 1. The molecule has 0 saturated carbocycles. The van der Waals surface area contributed by atoms with Crippen molar-refractivity contribution in [3.63, 3.8) is 0 Å². The van der Waals surface area contributed by atoms with Crippen molar-refractivity contribution in [2.45, 2.75) is 19.2 Å². The first-order chi connectivity index (χ1) is 12.0. The van der Waals surface area contributed by atoms with Crippen LogP contribution in [0.2, 0.25) is 5.15 Å². The van der Waals surface area contributed by atoms with Gasteiger partial charge in [0.2, 0.25) is 0 Å². The first-order valence-electron chi connectivity index (χ1n) is 7.79. The van der Waals surface area contributed by atoms with Crippen LogP contribution in [0.5, 0.6) is 11.5 Å². The smallest absolute Gasteiger partial charge is 0.166 e. The van der Waals surface area contributed by atoms with E-state index in [-0.39, 0.29) is 16.6 Å². The SMILES string of the molecule is CN1C=CNC1(C)COCc1ccc(Oc2ccnc(Cl)c2)c(F)c1. The zero-order valence-electron chi connectivity index (χ0n) is 14.0. The van der Waals surface area contributed by atoms with Gasteiger partial charge in [0.05, 0.1) is 13.2 Å². The van der Waals surface area contributed by atoms with Crippen LogP contribution < -0.4 is 10.1 Å². The number of halogens is 2. The van der Waals surface area contributed by atoms with Gasteiger partial charge in [0.25, 0.3) is 0 Å². The minimum Gasteiger partial charge on any atom is -0.454 e. The van der Waals surface area contributed by atoms with Crippen molar-refractivity contribution in [1.82, 2.24) is 15.2 Å². The molecule has 2 heterocycles. The third kappa shape index (κ3) is 4.21. The van der Waals surface area contributed by atoms with Crippen LogP contribution in [0, 0.1) is 5.82 Å². The van der Waals surface area contributed by atoms with Crippen LogP contribution in [0.3, 0.4) is 0 Å². The van der Waals surface area contributed by atoms with Crippen LogP contribution in [-0.4, -0.2) is 29.2 Å². The van der Waals surface area contributed by atoms with E-state index in [0.29, 0.717) is 19.0 Å². The fraction of sp³-hybridized carbons (Fsp3) is 0.278. The molecule has 0 radical (unpaired) electrons. The second-order valence-corrected chi connectivity index (χ2v) is 6.41. The van der Waals surface area contributed by atoms with Crippen molar-refractivity contribution < 1.29 is 13.9 Å². The van der Waals surface area contributed by atoms with Crippen LogP contribution in [0.1, 0.15) is 12.5 Å². The predicted molar refractivity (Wildman–Crippen MR) is 93.8 cm³/mol. The predicted octanol–water partition coefficient (Wildman–Crippen LogP) is 3.91. The molecule has 1 aliphatic heterocycles. The van der Waals surface area contributed by atoms with Gasteiger partial charge in [-0.3, -0.25) is 0 Å². The largest absolute Gasteiger partial charge is 0.454 e. The van der Waals surface area contributed by atoms with Crippen LogP contribution in [-0.2, 0) is 11.3 Å². The molecule has 1 aromatic carbocycles. The Hall–Kier alpha value is -2.31. The molecule has 2 aromatic rings. The monoisotopic (exact) mass is 363 g/mol. The molecule has 1 atom stereocenters. The summed E-state index contributed by atoms with van der Waals surface area (Å²) in [6, 6.07) is 7.89. The quantitative estimate of drug-likeness (QED) is 0.788. The van der Waals surface area contributed by atoms with Gasteiger partial charge in [-0.1, -0.05) is 17.7 Å². The van der Waals surface area contributed by atoms with E-state index >= 15 is 0 Å². The molecule has 1 N–H and O–H groups in total. The van der Waals surface area contributed by atoms with Crippen LogP contribution >= 0.6 is 11.6 Å². The third-order valence-corrected chi connectivity index (χ3v) is 4.25. The summed E-state index contributed by atoms with van der Waals surface area (Å²) in [7, 11) is 1.97. The van der Waals surface area contributed by atoms with Crippen molar-refractivity contribution in [2.24, 2.45) is 0 Å². The number of likely N-dealkylation sites (N-methyl/N-ethyl adjacent to an activating group) is 1. The van der Waals surface area contributed by atoms with Crippen molar-refractivity contribution >= 4 is 11.6 Å². The lowest BCUT2D eigenvalue weighted by atomic mass is 10.2. The number of pyridine rings is 1. The molecule has 132 valence electrons. The summed E-state index contributed by atoms with van der Waals surface area (Å²) in [6.45, 7) is 2.81. The van der Waals surface area contributed by atoms with Gasteiger partial charge in [0.15, 0.2) is 11.6 Å². The van der Waals surface area contributed by atoms with Gasteiger partial charge in [-0.05, 0) is 30.7 Å². The first-order valence-corrected chi connectivity index (χ1v) is 8.17. The number of aromatic nitrogens is 1. The van der Waals surface area contributed by atoms with Crippen LogP contribution in [0.25, 0.3) is 0 Å². The van der Waals surface area contributed by atoms with Gasteiger partial charge in [-0.15, -0.1) is 0 Å². The van der Waals surface area contributed by atoms with E-state index in [1.54, 1.807) is 18.2 Å². The summed E-state index contributed by atoms with van der Waals surface area (Å²) in [4.78, 5) is 5.89. The molecular weight excluding hydrogens is 345 g/mol. The topological polar surface area (TPSA) is 46.6 Å². The number of hydrogen-bond donors (Lipinski definition) is 1. The van der Waals surface area contributed by atoms with Gasteiger partial charge in [-0.25, -0.2) is 9.37 Å². The summed E-state index contributed by atoms with van der Waals surface area (Å²) >= 11 is 5.79. The molecule has 0 spiro atoms. The highest BCUT2D eigenvalue weighted by molar-refractivity contribution is 6.29. The number of rotatable bonds is 6. The molecule has 5 nitrogen and oxygen atoms in total. The van der Waals surface area contributed by atoms with Gasteiger partial charge < -0.3 is 19.7 Å². The minimum atomic E-state index is -0.460. The van der Waals surface area contributed by atoms with Gasteiger partial charge in [-0.2, -0.15) is 0 Å². The molecule has 0 fully saturated rings. The van der Waals surface area contributed by atoms with E-state index in [4.69, 9.17) is 21.1 Å². The summed E-state index contributed by atoms with van der Waals surface area (Å²) in [5, 5.41) is 3.52. The molecular formula is C18H19ClFN3O2. The Bertz CT molecular complexity index is 787. The maximum absolute atomic E-state index is 14.2. The first kappa shape index (κ1) is 17.5. The minimum absolute atomic E-state index is 0.124. The Morgan fingerprint density at radius 2 is 2.16 bits per heavy atom. The zero-order valence-corrected chi connectivity index (χ0v) is 14.8. The molecule has 0 aliphatic carbocycles. The number of nitrogens with zero attached hydrogens (tertiary/aromatic N) is 2. The Labute approximate surface area is 151 Å². The van der Waals surface area contributed by atoms with E-state index in [1.165, 1.54) is 18.3 Å². The Balaban J connectivity index is 1.58. The van der Waals surface area contributed by atoms with Gasteiger partial charge in [0, 0.05) is 31.7 Å². The number of hydrogen-bond acceptors (Lipinski definition) is 5. The van der Waals surface area contributed by atoms with Crippen molar-refractivity contribution in [3.8, 4) is 11.5 Å². The summed E-state index contributed by atoms with van der Waals surface area (Å²) < 4.78 is 25.5. The Morgan fingerprint density at radius 1 is 1.32 bits per heavy atom. The van der Waals surface area contributed by atoms with E-state index in [1.807, 2.05) is 31.3 Å². The number of benzene rings is 1. The van der Waals surface area contributed by atoms with E-state index < -0.39 is 5.82 Å². The summed E-state index contributed by atoms with van der Waals surface area (Å²) in [5.74, 6) is 0.0936. The van der Waals surface area contributed by atoms with E-state index in [0.717, 1.165) is 5.56 Å². The summed E-state index contributed by atoms with van der Waals surface area (Å²) in [6.07, 6.45) is 5.32. The lowest BCUT2D eigenvalue weighted by molar-refractivity contribution is 0.0231. The number of ether oxygens (including phenoxy) is 2. The third-order valence-electron chi connectivity index (χ3n) is 4.04. The lowest BCUT2D eigenvalue weighted by Gasteiger charge is -2.33. The highest BCUT2D eigenvalue weighted by Gasteiger charge is 2.29. The molecule has 25 heavy (non-hydrogen) atoms. The maximum Gasteiger partial charge on any atom is 0.166 e. The van der Waals surface area contributed by atoms with E-state index in [2.05, 4.69) is 10.3 Å². The second-order valence-electron chi connectivity index (χ2n) is 6.02. The van der Waals surface area contributed by atoms with Crippen LogP contribution in [0.15, 0.2) is 48.9 Å². The van der Waals surface area contributed by atoms with Gasteiger partial charge in [0.1, 0.15) is 16.6 Å². The fourth-order valence-electron chi connectivity index (χ4n) is 2.40. The maximum atomic E-state index is 14.2. The molecule has 1 aromatic heterocycles. The van der Waals surface area contributed by atoms with Gasteiger partial charge >= 0.3 is 0 Å². The average molecular weight is 364 g/mol. The highest BCUT2D eigenvalue weighted by atomic mass is 35.5. The summed E-state index contributed by atoms with van der Waals surface area (Å²) in [5.41, 5.74) is 0.442. The van der Waals surface area contributed by atoms with Crippen LogP contribution in [0.4, 0.5) is 4.39 Å². The molecule has 1 unspecified atom stereocenters. The fourth-order valence-corrected chi connectivity index (χ4v) is 2.56. The van der Waals surface area contributed by atoms with Crippen molar-refractivity contribution in [2.75, 3.05) is 13.7 Å². The zero-order chi connectivity index (χ0) is 17.9. The van der Waals surface area contributed by atoms with Crippen molar-refractivity contribution in [1.29, 1.82) is 0 Å². The van der Waals surface area contributed by atoms with E-state index in [9.17, 15) is 4.39 Å². The normalized spacial score (nSPS) is 19.1. The molecule has 3 rings (SSSR count).